The number of hydrogen-bond donors (Lipinski definition) is 1. The number of Topliss-reactive ketones (excluding diaryl/α,β-unsaturated/α-hetero) is 1. The first-order chi connectivity index (χ1) is 14.5. The quantitative estimate of drug-likeness (QED) is 0.547. The number of carbonyl (C=O) groups is 1. The number of halogens is 1. The predicted octanol–water partition coefficient (Wildman–Crippen LogP) is 4.93. The second kappa shape index (κ2) is 10.1. The molecular formula is C24H29ClN4O2. The largest absolute Gasteiger partial charge is 0.383 e. The third kappa shape index (κ3) is 5.14. The summed E-state index contributed by atoms with van der Waals surface area (Å²) in [4.78, 5) is 23.4. The van der Waals surface area contributed by atoms with Crippen LogP contribution in [0.4, 0.5) is 11.6 Å². The first kappa shape index (κ1) is 23.0. The molecule has 0 spiro atoms. The molecule has 0 aliphatic carbocycles. The summed E-state index contributed by atoms with van der Waals surface area (Å²) < 4.78 is 5.43. The highest BCUT2D eigenvalue weighted by Crippen LogP contribution is 2.28. The molecular weight excluding hydrogens is 412 g/mol. The van der Waals surface area contributed by atoms with Gasteiger partial charge in [-0.3, -0.25) is 4.79 Å². The number of aryl methyl sites for hydroxylation is 1. The summed E-state index contributed by atoms with van der Waals surface area (Å²) in [6.45, 7) is 1.50. The molecule has 1 aromatic carbocycles. The van der Waals surface area contributed by atoms with Crippen LogP contribution >= 0.6 is 11.6 Å². The standard InChI is InChI=1S/C23H25ClN4O2.CH4/c1-28(18-7-10-30-11-8-18)23-20(24)13-17(14-27-23)21(29)5-3-15-2-4-19-16(12-15)6-9-26-22(19)25;/h2,4,6,9,12-14,18H,3,5,7-8,10-11H2,1H3,(H2,25,26);1H4. The predicted molar refractivity (Wildman–Crippen MR) is 127 cm³/mol. The van der Waals surface area contributed by atoms with Gasteiger partial charge in [-0.1, -0.05) is 37.2 Å². The minimum Gasteiger partial charge on any atom is -0.383 e. The van der Waals surface area contributed by atoms with Crippen LogP contribution in [0.25, 0.3) is 10.8 Å². The number of anilines is 2. The van der Waals surface area contributed by atoms with E-state index in [9.17, 15) is 4.79 Å². The van der Waals surface area contributed by atoms with Gasteiger partial charge >= 0.3 is 0 Å². The van der Waals surface area contributed by atoms with E-state index in [1.165, 1.54) is 0 Å². The number of rotatable bonds is 6. The van der Waals surface area contributed by atoms with Gasteiger partial charge in [-0.15, -0.1) is 0 Å². The Morgan fingerprint density at radius 2 is 2.00 bits per heavy atom. The van der Waals surface area contributed by atoms with Gasteiger partial charge in [0.2, 0.25) is 0 Å². The Hall–Kier alpha value is -2.70. The highest BCUT2D eigenvalue weighted by Gasteiger charge is 2.22. The minimum atomic E-state index is 0. The van der Waals surface area contributed by atoms with Gasteiger partial charge in [0.25, 0.3) is 0 Å². The summed E-state index contributed by atoms with van der Waals surface area (Å²) in [7, 11) is 1.99. The molecule has 2 N–H and O–H groups in total. The van der Waals surface area contributed by atoms with Crippen molar-refractivity contribution >= 4 is 39.8 Å². The molecule has 4 rings (SSSR count). The molecule has 1 aliphatic rings. The normalized spacial score (nSPS) is 14.3. The van der Waals surface area contributed by atoms with Crippen molar-refractivity contribution in [2.45, 2.75) is 39.2 Å². The molecule has 0 bridgehead atoms. The minimum absolute atomic E-state index is 0. The number of nitrogens with two attached hydrogens (primary N) is 1. The number of benzene rings is 1. The summed E-state index contributed by atoms with van der Waals surface area (Å²) >= 11 is 6.48. The second-order valence-corrected chi connectivity index (χ2v) is 8.07. The summed E-state index contributed by atoms with van der Waals surface area (Å²) in [5.74, 6) is 1.25. The Morgan fingerprint density at radius 1 is 1.23 bits per heavy atom. The maximum Gasteiger partial charge on any atom is 0.164 e. The zero-order valence-electron chi connectivity index (χ0n) is 17.0. The average molecular weight is 441 g/mol. The summed E-state index contributed by atoms with van der Waals surface area (Å²) in [6, 6.07) is 10.0. The van der Waals surface area contributed by atoms with Crippen LogP contribution in [0, 0.1) is 0 Å². The number of hydrogen-bond acceptors (Lipinski definition) is 6. The van der Waals surface area contributed by atoms with E-state index in [0.29, 0.717) is 41.1 Å². The summed E-state index contributed by atoms with van der Waals surface area (Å²) in [5, 5.41) is 2.45. The highest BCUT2D eigenvalue weighted by atomic mass is 35.5. The Kier molecular flexibility index (Phi) is 7.46. The molecule has 0 unspecified atom stereocenters. The Labute approximate surface area is 188 Å². The fourth-order valence-electron chi connectivity index (χ4n) is 3.90. The van der Waals surface area contributed by atoms with Gasteiger partial charge in [-0.25, -0.2) is 9.97 Å². The number of carbonyl (C=O) groups excluding carboxylic acids is 1. The van der Waals surface area contributed by atoms with E-state index in [0.717, 1.165) is 42.4 Å². The number of pyridine rings is 2. The van der Waals surface area contributed by atoms with Crippen molar-refractivity contribution in [1.29, 1.82) is 0 Å². The lowest BCUT2D eigenvalue weighted by molar-refractivity contribution is 0.0853. The van der Waals surface area contributed by atoms with E-state index in [2.05, 4.69) is 20.9 Å². The number of ether oxygens (including phenoxy) is 1. The van der Waals surface area contributed by atoms with Gasteiger partial charge in [0.1, 0.15) is 11.6 Å². The smallest absolute Gasteiger partial charge is 0.164 e. The van der Waals surface area contributed by atoms with Crippen molar-refractivity contribution in [2.24, 2.45) is 0 Å². The number of aromatic nitrogens is 2. The number of nitrogen functional groups attached to an aromatic ring is 1. The van der Waals surface area contributed by atoms with Crippen LogP contribution in [-0.2, 0) is 11.2 Å². The Balaban J connectivity index is 0.00000272. The second-order valence-electron chi connectivity index (χ2n) is 7.66. The lowest BCUT2D eigenvalue weighted by atomic mass is 10.0. The first-order valence-electron chi connectivity index (χ1n) is 10.2. The molecule has 0 atom stereocenters. The number of nitrogens with zero attached hydrogens (tertiary/aromatic N) is 3. The van der Waals surface area contributed by atoms with Gasteiger partial charge in [0, 0.05) is 56.1 Å². The molecule has 31 heavy (non-hydrogen) atoms. The monoisotopic (exact) mass is 440 g/mol. The van der Waals surface area contributed by atoms with Gasteiger partial charge < -0.3 is 15.4 Å². The average Bonchev–Trinajstić information content (AvgIpc) is 2.77. The van der Waals surface area contributed by atoms with Crippen LogP contribution in [0.1, 0.15) is 42.6 Å². The Bertz CT molecular complexity index is 1070. The zero-order valence-corrected chi connectivity index (χ0v) is 17.7. The molecule has 0 saturated carbocycles. The maximum atomic E-state index is 12.7. The third-order valence-corrected chi connectivity index (χ3v) is 5.99. The van der Waals surface area contributed by atoms with Crippen molar-refractivity contribution < 1.29 is 9.53 Å². The highest BCUT2D eigenvalue weighted by molar-refractivity contribution is 6.33. The SMILES string of the molecule is C.CN(c1ncc(C(=O)CCc2ccc3c(N)nccc3c2)cc1Cl)C1CCOCC1. The van der Waals surface area contributed by atoms with Crippen molar-refractivity contribution in [3.8, 4) is 0 Å². The fraction of sp³-hybridized carbons (Fsp3) is 0.375. The number of fused-ring (bicyclic) bond motifs is 1. The van der Waals surface area contributed by atoms with Crippen LogP contribution in [0.15, 0.2) is 42.7 Å². The molecule has 164 valence electrons. The molecule has 1 saturated heterocycles. The molecule has 0 amide bonds. The van der Waals surface area contributed by atoms with E-state index >= 15 is 0 Å². The third-order valence-electron chi connectivity index (χ3n) is 5.72. The van der Waals surface area contributed by atoms with Crippen LogP contribution in [0.5, 0.6) is 0 Å². The molecule has 3 aromatic rings. The van der Waals surface area contributed by atoms with E-state index in [1.807, 2.05) is 25.2 Å². The molecule has 7 heteroatoms. The van der Waals surface area contributed by atoms with Gasteiger partial charge in [0.15, 0.2) is 5.78 Å². The van der Waals surface area contributed by atoms with Gasteiger partial charge in [-0.05, 0) is 42.3 Å². The molecule has 1 aliphatic heterocycles. The van der Waals surface area contributed by atoms with Crippen molar-refractivity contribution in [2.75, 3.05) is 30.9 Å². The summed E-state index contributed by atoms with van der Waals surface area (Å²) in [5.41, 5.74) is 7.53. The topological polar surface area (TPSA) is 81.3 Å². The van der Waals surface area contributed by atoms with Crippen molar-refractivity contribution in [3.05, 3.63) is 58.9 Å². The van der Waals surface area contributed by atoms with Crippen molar-refractivity contribution in [3.63, 3.8) is 0 Å². The van der Waals surface area contributed by atoms with Crippen LogP contribution < -0.4 is 10.6 Å². The van der Waals surface area contributed by atoms with E-state index in [-0.39, 0.29) is 13.2 Å². The lowest BCUT2D eigenvalue weighted by Crippen LogP contribution is -2.37. The Morgan fingerprint density at radius 3 is 2.74 bits per heavy atom. The lowest BCUT2D eigenvalue weighted by Gasteiger charge is -2.32. The molecule has 2 aromatic heterocycles. The van der Waals surface area contributed by atoms with E-state index < -0.39 is 0 Å². The molecule has 3 heterocycles. The van der Waals surface area contributed by atoms with Crippen LogP contribution in [0.2, 0.25) is 5.02 Å². The summed E-state index contributed by atoms with van der Waals surface area (Å²) in [6.07, 6.45) is 6.24. The van der Waals surface area contributed by atoms with Crippen LogP contribution in [0.3, 0.4) is 0 Å². The fourth-order valence-corrected chi connectivity index (χ4v) is 4.20. The van der Waals surface area contributed by atoms with Crippen LogP contribution in [-0.4, -0.2) is 42.1 Å². The zero-order chi connectivity index (χ0) is 21.1. The molecule has 0 radical (unpaired) electrons. The number of ketones is 1. The maximum absolute atomic E-state index is 12.7. The van der Waals surface area contributed by atoms with Gasteiger partial charge in [0.05, 0.1) is 5.02 Å². The van der Waals surface area contributed by atoms with Crippen molar-refractivity contribution in [1.82, 2.24) is 9.97 Å². The van der Waals surface area contributed by atoms with E-state index in [4.69, 9.17) is 22.1 Å². The first-order valence-corrected chi connectivity index (χ1v) is 10.5. The van der Waals surface area contributed by atoms with E-state index in [1.54, 1.807) is 18.5 Å². The van der Waals surface area contributed by atoms with Gasteiger partial charge in [-0.2, -0.15) is 0 Å². The molecule has 6 nitrogen and oxygen atoms in total. The molecule has 1 fully saturated rings.